The monoisotopic (exact) mass is 546 g/mol. The minimum absolute atomic E-state index is 0.0598. The van der Waals surface area contributed by atoms with Crippen LogP contribution in [0.3, 0.4) is 0 Å². The highest BCUT2D eigenvalue weighted by Gasteiger charge is 2.29. The van der Waals surface area contributed by atoms with Gasteiger partial charge in [0.25, 0.3) is 0 Å². The topological polar surface area (TPSA) is 66.5 Å². The van der Waals surface area contributed by atoms with Gasteiger partial charge in [0.2, 0.25) is 15.9 Å². The van der Waals surface area contributed by atoms with E-state index < -0.39 is 10.0 Å². The fourth-order valence-corrected chi connectivity index (χ4v) is 5.85. The van der Waals surface area contributed by atoms with Gasteiger partial charge in [-0.05, 0) is 72.4 Å². The summed E-state index contributed by atoms with van der Waals surface area (Å²) in [4.78, 5) is 13.2. The molecule has 0 heterocycles. The SMILES string of the molecule is O=C(CN(Cc1ccc(Cl)cc1)S(=O)(=O)c1ccc(Br)cc1)N[C@H]1CCCc2ccccc21. The zero-order chi connectivity index (χ0) is 23.4. The molecule has 0 fully saturated rings. The van der Waals surface area contributed by atoms with E-state index in [4.69, 9.17) is 11.6 Å². The van der Waals surface area contributed by atoms with E-state index in [1.54, 1.807) is 36.4 Å². The number of hydrogen-bond acceptors (Lipinski definition) is 3. The maximum absolute atomic E-state index is 13.4. The third-order valence-corrected chi connectivity index (χ3v) is 8.33. The van der Waals surface area contributed by atoms with Crippen molar-refractivity contribution in [2.24, 2.45) is 0 Å². The van der Waals surface area contributed by atoms with Gasteiger partial charge in [-0.1, -0.05) is 63.9 Å². The lowest BCUT2D eigenvalue weighted by Gasteiger charge is -2.28. The van der Waals surface area contributed by atoms with Crippen molar-refractivity contribution in [1.82, 2.24) is 9.62 Å². The molecule has 1 amide bonds. The molecule has 5 nitrogen and oxygen atoms in total. The van der Waals surface area contributed by atoms with Gasteiger partial charge < -0.3 is 5.32 Å². The molecule has 1 N–H and O–H groups in total. The molecule has 4 rings (SSSR count). The summed E-state index contributed by atoms with van der Waals surface area (Å²) >= 11 is 9.32. The minimum atomic E-state index is -3.90. The molecule has 0 saturated heterocycles. The van der Waals surface area contributed by atoms with Crippen LogP contribution in [-0.4, -0.2) is 25.2 Å². The number of sulfonamides is 1. The Hall–Kier alpha value is -2.19. The summed E-state index contributed by atoms with van der Waals surface area (Å²) in [6, 6.07) is 21.3. The number of benzene rings is 3. The van der Waals surface area contributed by atoms with E-state index in [-0.39, 0.29) is 29.9 Å². The number of nitrogens with one attached hydrogen (secondary N) is 1. The molecular formula is C25H24BrClN2O3S. The number of amides is 1. The zero-order valence-electron chi connectivity index (χ0n) is 17.9. The molecule has 172 valence electrons. The lowest BCUT2D eigenvalue weighted by molar-refractivity contribution is -0.122. The number of carbonyl (C=O) groups is 1. The predicted octanol–water partition coefficient (Wildman–Crippen LogP) is 5.49. The summed E-state index contributed by atoms with van der Waals surface area (Å²) in [7, 11) is -3.90. The molecule has 3 aromatic rings. The van der Waals surface area contributed by atoms with Crippen molar-refractivity contribution in [2.75, 3.05) is 6.54 Å². The average Bonchev–Trinajstić information content (AvgIpc) is 2.80. The first kappa shape index (κ1) is 24.0. The van der Waals surface area contributed by atoms with Crippen molar-refractivity contribution in [3.63, 3.8) is 0 Å². The van der Waals surface area contributed by atoms with Gasteiger partial charge in [0.1, 0.15) is 0 Å². The van der Waals surface area contributed by atoms with Crippen LogP contribution in [0.5, 0.6) is 0 Å². The van der Waals surface area contributed by atoms with Crippen LogP contribution in [0.25, 0.3) is 0 Å². The van der Waals surface area contributed by atoms with E-state index >= 15 is 0 Å². The van der Waals surface area contributed by atoms with Crippen molar-refractivity contribution < 1.29 is 13.2 Å². The molecule has 0 aliphatic heterocycles. The molecule has 1 aliphatic rings. The maximum atomic E-state index is 13.4. The smallest absolute Gasteiger partial charge is 0.243 e. The summed E-state index contributed by atoms with van der Waals surface area (Å²) < 4.78 is 28.9. The molecule has 8 heteroatoms. The van der Waals surface area contributed by atoms with Crippen molar-refractivity contribution in [3.05, 3.63) is 99.0 Å². The van der Waals surface area contributed by atoms with Crippen molar-refractivity contribution in [2.45, 2.75) is 36.7 Å². The minimum Gasteiger partial charge on any atom is -0.348 e. The molecule has 1 atom stereocenters. The van der Waals surface area contributed by atoms with E-state index in [0.29, 0.717) is 5.02 Å². The van der Waals surface area contributed by atoms with Crippen LogP contribution in [0.15, 0.2) is 82.2 Å². The van der Waals surface area contributed by atoms with Gasteiger partial charge in [-0.25, -0.2) is 8.42 Å². The van der Waals surface area contributed by atoms with Gasteiger partial charge in [0, 0.05) is 16.0 Å². The Balaban J connectivity index is 1.57. The summed E-state index contributed by atoms with van der Waals surface area (Å²) in [6.07, 6.45) is 2.80. The van der Waals surface area contributed by atoms with Crippen molar-refractivity contribution >= 4 is 43.5 Å². The number of fused-ring (bicyclic) bond motifs is 1. The molecule has 3 aromatic carbocycles. The summed E-state index contributed by atoms with van der Waals surface area (Å²) in [5.74, 6) is -0.327. The number of hydrogen-bond donors (Lipinski definition) is 1. The molecule has 0 aromatic heterocycles. The van der Waals surface area contributed by atoms with E-state index in [9.17, 15) is 13.2 Å². The Bertz CT molecular complexity index is 1230. The number of rotatable bonds is 7. The molecule has 33 heavy (non-hydrogen) atoms. The molecule has 0 bridgehead atoms. The zero-order valence-corrected chi connectivity index (χ0v) is 21.0. The highest BCUT2D eigenvalue weighted by Crippen LogP contribution is 2.29. The second kappa shape index (κ2) is 10.4. The standard InChI is InChI=1S/C25H24BrClN2O3S/c26-20-10-14-22(15-11-20)33(31,32)29(16-18-8-12-21(27)13-9-18)17-25(30)28-24-7-3-5-19-4-1-2-6-23(19)24/h1-2,4,6,8-15,24H,3,5,7,16-17H2,(H,28,30)/t24-/m0/s1. The molecular weight excluding hydrogens is 524 g/mol. The highest BCUT2D eigenvalue weighted by molar-refractivity contribution is 9.10. The average molecular weight is 548 g/mol. The summed E-state index contributed by atoms with van der Waals surface area (Å²) in [5.41, 5.74) is 3.09. The van der Waals surface area contributed by atoms with Gasteiger partial charge in [-0.3, -0.25) is 4.79 Å². The Labute approximate surface area is 207 Å². The van der Waals surface area contributed by atoms with Gasteiger partial charge in [0.15, 0.2) is 0 Å². The fourth-order valence-electron chi connectivity index (χ4n) is 4.08. The Morgan fingerprint density at radius 3 is 2.45 bits per heavy atom. The quantitative estimate of drug-likeness (QED) is 0.426. The molecule has 0 unspecified atom stereocenters. The Morgan fingerprint density at radius 2 is 1.73 bits per heavy atom. The number of carbonyl (C=O) groups excluding carboxylic acids is 1. The summed E-state index contributed by atoms with van der Waals surface area (Å²) in [5, 5.41) is 3.62. The number of halogens is 2. The van der Waals surface area contributed by atoms with Gasteiger partial charge in [-0.15, -0.1) is 0 Å². The lowest BCUT2D eigenvalue weighted by Crippen LogP contribution is -2.42. The first-order valence-corrected chi connectivity index (χ1v) is 13.3. The third kappa shape index (κ3) is 5.84. The molecule has 0 saturated carbocycles. The first-order valence-electron chi connectivity index (χ1n) is 10.7. The van der Waals surface area contributed by atoms with Crippen LogP contribution in [0, 0.1) is 0 Å². The Kier molecular flexibility index (Phi) is 7.54. The van der Waals surface area contributed by atoms with Crippen LogP contribution in [0.4, 0.5) is 0 Å². The van der Waals surface area contributed by atoms with Gasteiger partial charge >= 0.3 is 0 Å². The maximum Gasteiger partial charge on any atom is 0.243 e. The van der Waals surface area contributed by atoms with E-state index in [1.807, 2.05) is 18.2 Å². The van der Waals surface area contributed by atoms with Crippen LogP contribution >= 0.6 is 27.5 Å². The van der Waals surface area contributed by atoms with E-state index in [0.717, 1.165) is 34.9 Å². The highest BCUT2D eigenvalue weighted by atomic mass is 79.9. The van der Waals surface area contributed by atoms with Crippen LogP contribution in [0.2, 0.25) is 5.02 Å². The third-order valence-electron chi connectivity index (χ3n) is 5.75. The summed E-state index contributed by atoms with van der Waals surface area (Å²) in [6.45, 7) is -0.218. The normalized spacial score (nSPS) is 15.8. The molecule has 1 aliphatic carbocycles. The van der Waals surface area contributed by atoms with E-state index in [2.05, 4.69) is 27.3 Å². The van der Waals surface area contributed by atoms with Crippen LogP contribution in [0.1, 0.15) is 35.6 Å². The lowest BCUT2D eigenvalue weighted by atomic mass is 9.88. The van der Waals surface area contributed by atoms with Gasteiger partial charge in [-0.2, -0.15) is 4.31 Å². The Morgan fingerprint density at radius 1 is 1.03 bits per heavy atom. The van der Waals surface area contributed by atoms with Crippen molar-refractivity contribution in [3.8, 4) is 0 Å². The number of nitrogens with zero attached hydrogens (tertiary/aromatic N) is 1. The largest absolute Gasteiger partial charge is 0.348 e. The second-order valence-electron chi connectivity index (χ2n) is 8.06. The van der Waals surface area contributed by atoms with Gasteiger partial charge in [0.05, 0.1) is 17.5 Å². The molecule has 0 radical (unpaired) electrons. The first-order chi connectivity index (χ1) is 15.8. The van der Waals surface area contributed by atoms with Crippen molar-refractivity contribution in [1.29, 1.82) is 0 Å². The van der Waals surface area contributed by atoms with E-state index in [1.165, 1.54) is 22.0 Å². The second-order valence-corrected chi connectivity index (χ2v) is 11.4. The molecule has 0 spiro atoms. The fraction of sp³-hybridized carbons (Fsp3) is 0.240. The van der Waals surface area contributed by atoms with Crippen LogP contribution in [-0.2, 0) is 27.8 Å². The van der Waals surface area contributed by atoms with Crippen LogP contribution < -0.4 is 5.32 Å². The predicted molar refractivity (Wildman–Crippen MR) is 133 cm³/mol. The number of aryl methyl sites for hydroxylation is 1.